The van der Waals surface area contributed by atoms with Gasteiger partial charge in [0, 0.05) is 45.1 Å². The topological polar surface area (TPSA) is 137 Å². The van der Waals surface area contributed by atoms with Crippen molar-refractivity contribution in [1.82, 2.24) is 29.5 Å². The Morgan fingerprint density at radius 3 is 2.47 bits per heavy atom. The molecule has 0 spiro atoms. The predicted octanol–water partition coefficient (Wildman–Crippen LogP) is 1.63. The van der Waals surface area contributed by atoms with Crippen LogP contribution in [0, 0.1) is 6.92 Å². The van der Waals surface area contributed by atoms with Gasteiger partial charge in [0.1, 0.15) is 5.82 Å². The molecule has 4 heterocycles. The molecule has 2 N–H and O–H groups in total. The lowest BCUT2D eigenvalue weighted by atomic mass is 10.1. The summed E-state index contributed by atoms with van der Waals surface area (Å²) in [6, 6.07) is 8.18. The van der Waals surface area contributed by atoms with Gasteiger partial charge in [0.2, 0.25) is 5.95 Å². The number of carbonyl (C=O) groups is 1. The van der Waals surface area contributed by atoms with E-state index < -0.39 is 5.97 Å². The lowest BCUT2D eigenvalue weighted by molar-refractivity contribution is 0.0502. The first-order valence-electron chi connectivity index (χ1n) is 11.5. The normalized spacial score (nSPS) is 13.7. The minimum atomic E-state index is -0.696. The van der Waals surface area contributed by atoms with Crippen molar-refractivity contribution in [2.24, 2.45) is 12.9 Å². The Morgan fingerprint density at radius 2 is 1.81 bits per heavy atom. The van der Waals surface area contributed by atoms with Crippen LogP contribution < -0.4 is 15.7 Å². The van der Waals surface area contributed by atoms with Crippen molar-refractivity contribution >= 4 is 28.9 Å². The summed E-state index contributed by atoms with van der Waals surface area (Å²) in [5.41, 5.74) is 3.77. The van der Waals surface area contributed by atoms with Crippen LogP contribution in [0.3, 0.4) is 0 Å². The van der Waals surface area contributed by atoms with Crippen LogP contribution in [0.2, 0.25) is 0 Å². The van der Waals surface area contributed by atoms with Crippen LogP contribution in [0.1, 0.15) is 21.7 Å². The molecule has 12 heteroatoms. The summed E-state index contributed by atoms with van der Waals surface area (Å²) in [6.45, 7) is 5.21. The molecule has 0 atom stereocenters. The number of rotatable bonds is 6. The second kappa shape index (κ2) is 9.84. The molecule has 0 saturated carbocycles. The van der Waals surface area contributed by atoms with Gasteiger partial charge in [0.25, 0.3) is 0 Å². The minimum absolute atomic E-state index is 0.173. The fourth-order valence-electron chi connectivity index (χ4n) is 4.04. The third-order valence-corrected chi connectivity index (χ3v) is 6.11. The predicted molar refractivity (Wildman–Crippen MR) is 133 cm³/mol. The highest BCUT2D eigenvalue weighted by Gasteiger charge is 2.23. The molecule has 1 aliphatic heterocycles. The number of nitrogens with zero attached hydrogens (tertiary/aromatic N) is 8. The van der Waals surface area contributed by atoms with Crippen molar-refractivity contribution in [3.05, 3.63) is 53.6 Å². The lowest BCUT2D eigenvalue weighted by Crippen LogP contribution is -2.37. The molecular formula is C24H27N9O3. The number of hydrogen-bond donors (Lipinski definition) is 1. The van der Waals surface area contributed by atoms with E-state index in [4.69, 9.17) is 25.6 Å². The van der Waals surface area contributed by atoms with E-state index in [-0.39, 0.29) is 5.56 Å². The van der Waals surface area contributed by atoms with E-state index in [0.29, 0.717) is 31.5 Å². The first kappa shape index (κ1) is 23.6. The zero-order chi connectivity index (χ0) is 25.2. The van der Waals surface area contributed by atoms with Crippen LogP contribution in [0.5, 0.6) is 0 Å². The summed E-state index contributed by atoms with van der Waals surface area (Å²) in [6.07, 6.45) is 2.75. The average Bonchev–Trinajstić information content (AvgIpc) is 3.23. The van der Waals surface area contributed by atoms with E-state index in [2.05, 4.69) is 38.8 Å². The SMILES string of the molecule is Cc1ccc(-c2nc(N3CCOCC3)c3nc(CN(C)c4ncc(C(=O)ON)cn4)n(C)c3n2)cc1. The van der Waals surface area contributed by atoms with Gasteiger partial charge in [-0.25, -0.2) is 29.7 Å². The van der Waals surface area contributed by atoms with E-state index in [1.807, 2.05) is 35.7 Å². The molecule has 186 valence electrons. The van der Waals surface area contributed by atoms with Gasteiger partial charge in [-0.3, -0.25) is 0 Å². The third-order valence-electron chi connectivity index (χ3n) is 6.11. The zero-order valence-corrected chi connectivity index (χ0v) is 20.4. The zero-order valence-electron chi connectivity index (χ0n) is 20.4. The molecule has 5 rings (SSSR count). The van der Waals surface area contributed by atoms with E-state index in [1.165, 1.54) is 18.0 Å². The number of aromatic nitrogens is 6. The molecule has 4 aromatic rings. The number of morpholine rings is 1. The van der Waals surface area contributed by atoms with Gasteiger partial charge in [-0.1, -0.05) is 29.8 Å². The number of ether oxygens (including phenoxy) is 1. The Labute approximate surface area is 207 Å². The van der Waals surface area contributed by atoms with Crippen molar-refractivity contribution in [2.75, 3.05) is 43.2 Å². The van der Waals surface area contributed by atoms with Gasteiger partial charge in [-0.15, -0.1) is 0 Å². The smallest absolute Gasteiger partial charge is 0.359 e. The summed E-state index contributed by atoms with van der Waals surface area (Å²) in [5, 5.41) is 0. The van der Waals surface area contributed by atoms with Gasteiger partial charge in [0.15, 0.2) is 22.8 Å². The Bertz CT molecular complexity index is 1380. The molecule has 1 fully saturated rings. The number of aryl methyl sites for hydroxylation is 2. The maximum Gasteiger partial charge on any atom is 0.359 e. The van der Waals surface area contributed by atoms with Gasteiger partial charge in [-0.2, -0.15) is 5.90 Å². The van der Waals surface area contributed by atoms with Crippen LogP contribution >= 0.6 is 0 Å². The van der Waals surface area contributed by atoms with Crippen LogP contribution in [-0.2, 0) is 23.2 Å². The number of anilines is 2. The molecular weight excluding hydrogens is 462 g/mol. The second-order valence-corrected chi connectivity index (χ2v) is 8.63. The summed E-state index contributed by atoms with van der Waals surface area (Å²) in [7, 11) is 3.79. The summed E-state index contributed by atoms with van der Waals surface area (Å²) in [5.74, 6) is 6.88. The quantitative estimate of drug-likeness (QED) is 0.396. The molecule has 0 aliphatic carbocycles. The van der Waals surface area contributed by atoms with Gasteiger partial charge in [-0.05, 0) is 6.92 Å². The average molecular weight is 490 g/mol. The second-order valence-electron chi connectivity index (χ2n) is 8.63. The van der Waals surface area contributed by atoms with Crippen molar-refractivity contribution in [3.8, 4) is 11.4 Å². The summed E-state index contributed by atoms with van der Waals surface area (Å²) < 4.78 is 7.52. The summed E-state index contributed by atoms with van der Waals surface area (Å²) >= 11 is 0. The van der Waals surface area contributed by atoms with Crippen LogP contribution in [0.15, 0.2) is 36.7 Å². The molecule has 1 aliphatic rings. The van der Waals surface area contributed by atoms with Crippen LogP contribution in [0.25, 0.3) is 22.6 Å². The lowest BCUT2D eigenvalue weighted by Gasteiger charge is -2.28. The molecule has 0 amide bonds. The molecule has 0 radical (unpaired) electrons. The van der Waals surface area contributed by atoms with Crippen LogP contribution in [0.4, 0.5) is 11.8 Å². The number of hydrogen-bond acceptors (Lipinski definition) is 11. The van der Waals surface area contributed by atoms with Crippen molar-refractivity contribution in [1.29, 1.82) is 0 Å². The van der Waals surface area contributed by atoms with E-state index >= 15 is 0 Å². The standard InChI is InChI=1S/C24H27N9O3/c1-15-4-6-16(7-5-15)20-29-21-19(22(30-20)33-8-10-35-11-9-33)28-18(32(21)3)14-31(2)24-26-12-17(13-27-24)23(34)36-25/h4-7,12-13H,8-11,14,25H2,1-3H3. The third kappa shape index (κ3) is 4.55. The largest absolute Gasteiger partial charge is 0.378 e. The Kier molecular flexibility index (Phi) is 6.44. The Hall–Kier alpha value is -4.16. The molecule has 1 saturated heterocycles. The molecule has 36 heavy (non-hydrogen) atoms. The van der Waals surface area contributed by atoms with Crippen LogP contribution in [-0.4, -0.2) is 68.8 Å². The van der Waals surface area contributed by atoms with Crippen molar-refractivity contribution in [2.45, 2.75) is 13.5 Å². The van der Waals surface area contributed by atoms with Crippen molar-refractivity contribution < 1.29 is 14.4 Å². The molecule has 3 aromatic heterocycles. The first-order valence-corrected chi connectivity index (χ1v) is 11.5. The first-order chi connectivity index (χ1) is 17.4. The molecule has 0 unspecified atom stereocenters. The number of benzene rings is 1. The highest BCUT2D eigenvalue weighted by atomic mass is 16.7. The molecule has 1 aromatic carbocycles. The minimum Gasteiger partial charge on any atom is -0.378 e. The van der Waals surface area contributed by atoms with E-state index in [9.17, 15) is 4.79 Å². The Balaban J connectivity index is 1.52. The number of nitrogens with two attached hydrogens (primary N) is 1. The van der Waals surface area contributed by atoms with Gasteiger partial charge < -0.3 is 23.9 Å². The highest BCUT2D eigenvalue weighted by Crippen LogP contribution is 2.29. The van der Waals surface area contributed by atoms with Gasteiger partial charge >= 0.3 is 5.97 Å². The molecule has 0 bridgehead atoms. The number of carbonyl (C=O) groups excluding carboxylic acids is 1. The number of imidazole rings is 1. The molecule has 12 nitrogen and oxygen atoms in total. The maximum absolute atomic E-state index is 11.6. The monoisotopic (exact) mass is 489 g/mol. The van der Waals surface area contributed by atoms with Crippen molar-refractivity contribution in [3.63, 3.8) is 0 Å². The fourth-order valence-corrected chi connectivity index (χ4v) is 4.04. The maximum atomic E-state index is 11.6. The Morgan fingerprint density at radius 1 is 1.11 bits per heavy atom. The fraction of sp³-hybridized carbons (Fsp3) is 0.333. The van der Waals surface area contributed by atoms with Gasteiger partial charge in [0.05, 0.1) is 25.3 Å². The highest BCUT2D eigenvalue weighted by molar-refractivity contribution is 5.88. The number of fused-ring (bicyclic) bond motifs is 1. The van der Waals surface area contributed by atoms with E-state index in [0.717, 1.165) is 41.5 Å². The summed E-state index contributed by atoms with van der Waals surface area (Å²) in [4.78, 5) is 43.1. The van der Waals surface area contributed by atoms with E-state index in [1.54, 1.807) is 0 Å².